The van der Waals surface area contributed by atoms with Crippen LogP contribution in [-0.4, -0.2) is 44.7 Å². The zero-order valence-corrected chi connectivity index (χ0v) is 13.8. The second kappa shape index (κ2) is 8.17. The van der Waals surface area contributed by atoms with E-state index in [4.69, 9.17) is 5.73 Å². The first kappa shape index (κ1) is 16.8. The average molecular weight is 323 g/mol. The number of nitrogens with two attached hydrogens (primary N) is 1. The molecule has 1 saturated heterocycles. The molecular formula is C16H25N3O2S. The average Bonchev–Trinajstić information content (AvgIpc) is 2.76. The Labute approximate surface area is 133 Å². The number of likely N-dealkylation sites (tertiary alicyclic amines) is 1. The van der Waals surface area contributed by atoms with Crippen molar-refractivity contribution >= 4 is 15.8 Å². The molecule has 122 valence electrons. The summed E-state index contributed by atoms with van der Waals surface area (Å²) in [5.74, 6) is 0.584. The van der Waals surface area contributed by atoms with Crippen molar-refractivity contribution in [3.63, 3.8) is 0 Å². The third-order valence-corrected chi connectivity index (χ3v) is 5.41. The van der Waals surface area contributed by atoms with Gasteiger partial charge in [0, 0.05) is 13.1 Å². The summed E-state index contributed by atoms with van der Waals surface area (Å²) in [5.41, 5.74) is 6.79. The Hall–Kier alpha value is -1.56. The Morgan fingerprint density at radius 3 is 2.36 bits per heavy atom. The van der Waals surface area contributed by atoms with E-state index in [1.54, 1.807) is 0 Å². The van der Waals surface area contributed by atoms with Gasteiger partial charge in [-0.3, -0.25) is 4.99 Å². The van der Waals surface area contributed by atoms with E-state index in [1.165, 1.54) is 12.8 Å². The van der Waals surface area contributed by atoms with Crippen LogP contribution in [0.4, 0.5) is 0 Å². The maximum absolute atomic E-state index is 12.1. The number of benzene rings is 1. The molecule has 22 heavy (non-hydrogen) atoms. The van der Waals surface area contributed by atoms with E-state index in [-0.39, 0.29) is 18.1 Å². The Bertz CT molecular complexity index is 577. The summed E-state index contributed by atoms with van der Waals surface area (Å²) in [4.78, 5) is 6.32. The maximum Gasteiger partial charge on any atom is 0.191 e. The van der Waals surface area contributed by atoms with Crippen LogP contribution in [0.3, 0.4) is 0 Å². The van der Waals surface area contributed by atoms with E-state index >= 15 is 0 Å². The summed E-state index contributed by atoms with van der Waals surface area (Å²) >= 11 is 0. The van der Waals surface area contributed by atoms with Crippen LogP contribution in [0.1, 0.15) is 31.2 Å². The summed E-state index contributed by atoms with van der Waals surface area (Å²) < 4.78 is 24.2. The molecule has 0 bridgehead atoms. The van der Waals surface area contributed by atoms with Gasteiger partial charge in [-0.1, -0.05) is 43.2 Å². The molecule has 6 heteroatoms. The van der Waals surface area contributed by atoms with Gasteiger partial charge in [-0.25, -0.2) is 8.42 Å². The lowest BCUT2D eigenvalue weighted by atomic mass is 10.2. The fraction of sp³-hybridized carbons (Fsp3) is 0.562. The highest BCUT2D eigenvalue weighted by Crippen LogP contribution is 2.09. The second-order valence-corrected chi connectivity index (χ2v) is 7.90. The van der Waals surface area contributed by atoms with Crippen molar-refractivity contribution in [1.82, 2.24) is 4.90 Å². The van der Waals surface area contributed by atoms with Crippen molar-refractivity contribution < 1.29 is 8.42 Å². The van der Waals surface area contributed by atoms with Crippen LogP contribution in [0, 0.1) is 0 Å². The first-order chi connectivity index (χ1) is 10.6. The number of rotatable bonds is 5. The monoisotopic (exact) mass is 323 g/mol. The first-order valence-electron chi connectivity index (χ1n) is 7.86. The zero-order chi connectivity index (χ0) is 15.8. The predicted octanol–water partition coefficient (Wildman–Crippen LogP) is 1.79. The molecule has 0 aliphatic carbocycles. The molecule has 0 atom stereocenters. The lowest BCUT2D eigenvalue weighted by Crippen LogP contribution is -2.38. The summed E-state index contributed by atoms with van der Waals surface area (Å²) in [6, 6.07) is 9.22. The molecule has 2 rings (SSSR count). The van der Waals surface area contributed by atoms with Gasteiger partial charge in [0.2, 0.25) is 0 Å². The number of nitrogens with zero attached hydrogens (tertiary/aromatic N) is 2. The molecule has 1 aromatic carbocycles. The summed E-state index contributed by atoms with van der Waals surface area (Å²) in [7, 11) is -3.15. The van der Waals surface area contributed by atoms with Crippen LogP contribution in [0.5, 0.6) is 0 Å². The van der Waals surface area contributed by atoms with E-state index < -0.39 is 9.84 Å². The fourth-order valence-electron chi connectivity index (χ4n) is 2.60. The molecule has 5 nitrogen and oxygen atoms in total. The molecule has 1 heterocycles. The van der Waals surface area contributed by atoms with Gasteiger partial charge in [0.1, 0.15) is 0 Å². The number of sulfone groups is 1. The van der Waals surface area contributed by atoms with Gasteiger partial charge in [0.25, 0.3) is 0 Å². The summed E-state index contributed by atoms with van der Waals surface area (Å²) in [6.07, 6.45) is 4.72. The SMILES string of the molecule is NC(=NCCS(=O)(=O)Cc1ccccc1)N1CCCCCC1. The first-order valence-corrected chi connectivity index (χ1v) is 9.68. The maximum atomic E-state index is 12.1. The van der Waals surface area contributed by atoms with Gasteiger partial charge in [-0.2, -0.15) is 0 Å². The van der Waals surface area contributed by atoms with Gasteiger partial charge in [0.15, 0.2) is 15.8 Å². The van der Waals surface area contributed by atoms with Crippen molar-refractivity contribution in [3.8, 4) is 0 Å². The number of guanidine groups is 1. The van der Waals surface area contributed by atoms with Gasteiger partial charge >= 0.3 is 0 Å². The highest BCUT2D eigenvalue weighted by molar-refractivity contribution is 7.90. The van der Waals surface area contributed by atoms with Crippen LogP contribution in [0.15, 0.2) is 35.3 Å². The molecule has 2 N–H and O–H groups in total. The van der Waals surface area contributed by atoms with Crippen molar-refractivity contribution in [2.75, 3.05) is 25.4 Å². The van der Waals surface area contributed by atoms with E-state index in [1.807, 2.05) is 30.3 Å². The van der Waals surface area contributed by atoms with Crippen LogP contribution in [0.2, 0.25) is 0 Å². The van der Waals surface area contributed by atoms with Crippen molar-refractivity contribution in [2.45, 2.75) is 31.4 Å². The minimum atomic E-state index is -3.15. The molecule has 1 aliphatic heterocycles. The van der Waals surface area contributed by atoms with Crippen LogP contribution in [0.25, 0.3) is 0 Å². The third kappa shape index (κ3) is 5.67. The smallest absolute Gasteiger partial charge is 0.191 e. The molecule has 1 fully saturated rings. The highest BCUT2D eigenvalue weighted by Gasteiger charge is 2.13. The van der Waals surface area contributed by atoms with Gasteiger partial charge < -0.3 is 10.6 Å². The zero-order valence-electron chi connectivity index (χ0n) is 12.9. The number of hydrogen-bond acceptors (Lipinski definition) is 3. The third-order valence-electron chi connectivity index (χ3n) is 3.84. The Balaban J connectivity index is 1.84. The molecule has 0 saturated carbocycles. The largest absolute Gasteiger partial charge is 0.370 e. The molecule has 1 aliphatic rings. The topological polar surface area (TPSA) is 75.8 Å². The highest BCUT2D eigenvalue weighted by atomic mass is 32.2. The van der Waals surface area contributed by atoms with E-state index in [9.17, 15) is 8.42 Å². The quantitative estimate of drug-likeness (QED) is 0.662. The lowest BCUT2D eigenvalue weighted by Gasteiger charge is -2.21. The molecule has 0 radical (unpaired) electrons. The Morgan fingerprint density at radius 2 is 1.73 bits per heavy atom. The van der Waals surface area contributed by atoms with Gasteiger partial charge in [-0.15, -0.1) is 0 Å². The van der Waals surface area contributed by atoms with E-state index in [0.29, 0.717) is 5.96 Å². The number of aliphatic imine (C=N–C) groups is 1. The molecule has 1 aromatic rings. The van der Waals surface area contributed by atoms with Crippen LogP contribution >= 0.6 is 0 Å². The predicted molar refractivity (Wildman–Crippen MR) is 90.5 cm³/mol. The van der Waals surface area contributed by atoms with E-state index in [2.05, 4.69) is 9.89 Å². The Kier molecular flexibility index (Phi) is 6.24. The lowest BCUT2D eigenvalue weighted by molar-refractivity contribution is 0.429. The Morgan fingerprint density at radius 1 is 1.09 bits per heavy atom. The minimum Gasteiger partial charge on any atom is -0.370 e. The van der Waals surface area contributed by atoms with Gasteiger partial charge in [0.05, 0.1) is 18.1 Å². The normalized spacial score (nSPS) is 17.3. The minimum absolute atomic E-state index is 0.0381. The number of hydrogen-bond donors (Lipinski definition) is 1. The molecule has 0 aromatic heterocycles. The van der Waals surface area contributed by atoms with Crippen LogP contribution in [-0.2, 0) is 15.6 Å². The van der Waals surface area contributed by atoms with Crippen molar-refractivity contribution in [2.24, 2.45) is 10.7 Å². The molecule has 0 spiro atoms. The molecule has 0 amide bonds. The second-order valence-electron chi connectivity index (χ2n) is 5.72. The summed E-state index contributed by atoms with van der Waals surface area (Å²) in [6.45, 7) is 2.08. The molecular weight excluding hydrogens is 298 g/mol. The van der Waals surface area contributed by atoms with E-state index in [0.717, 1.165) is 31.5 Å². The van der Waals surface area contributed by atoms with Crippen molar-refractivity contribution in [1.29, 1.82) is 0 Å². The fourth-order valence-corrected chi connectivity index (χ4v) is 3.81. The van der Waals surface area contributed by atoms with Crippen molar-refractivity contribution in [3.05, 3.63) is 35.9 Å². The standard InChI is InChI=1S/C16H25N3O2S/c17-16(19-11-6-1-2-7-12-19)18-10-13-22(20,21)14-15-8-4-3-5-9-15/h3-5,8-9H,1-2,6-7,10-14H2,(H2,17,18). The van der Waals surface area contributed by atoms with Crippen LogP contribution < -0.4 is 5.73 Å². The summed E-state index contributed by atoms with van der Waals surface area (Å²) in [5, 5.41) is 0. The van der Waals surface area contributed by atoms with Gasteiger partial charge in [-0.05, 0) is 18.4 Å². The molecule has 0 unspecified atom stereocenters.